The van der Waals surface area contributed by atoms with Crippen LogP contribution < -0.4 is 5.56 Å². The largest absolute Gasteiger partial charge is 0.293 e. The second kappa shape index (κ2) is 3.92. The molecule has 90 valence electrons. The molecule has 17 heavy (non-hydrogen) atoms. The number of hydrogen-bond donors (Lipinski definition) is 2. The van der Waals surface area contributed by atoms with Crippen molar-refractivity contribution < 1.29 is 0 Å². The van der Waals surface area contributed by atoms with Crippen LogP contribution in [0.5, 0.6) is 0 Å². The maximum absolute atomic E-state index is 11.0. The Morgan fingerprint density at radius 1 is 1.24 bits per heavy atom. The van der Waals surface area contributed by atoms with Crippen molar-refractivity contribution in [2.45, 2.75) is 26.3 Å². The topological polar surface area (TPSA) is 79.4 Å². The molecule has 0 spiro atoms. The summed E-state index contributed by atoms with van der Waals surface area (Å²) in [5.41, 5.74) is 0.120. The third-order valence-electron chi connectivity index (χ3n) is 2.25. The van der Waals surface area contributed by atoms with Gasteiger partial charge in [-0.3, -0.25) is 14.5 Å². The molecule has 0 atom stereocenters. The predicted molar refractivity (Wildman–Crippen MR) is 66.3 cm³/mol. The van der Waals surface area contributed by atoms with Crippen LogP contribution in [0, 0.1) is 4.77 Å². The zero-order valence-corrected chi connectivity index (χ0v) is 10.6. The zero-order valence-electron chi connectivity index (χ0n) is 9.81. The molecule has 0 fully saturated rings. The number of hydrogen-bond acceptors (Lipinski definition) is 4. The van der Waals surface area contributed by atoms with Gasteiger partial charge in [0.05, 0.1) is 0 Å². The molecule has 0 aliphatic carbocycles. The quantitative estimate of drug-likeness (QED) is 0.752. The molecule has 0 aliphatic heterocycles. The monoisotopic (exact) mass is 251 g/mol. The van der Waals surface area contributed by atoms with Crippen LogP contribution in [0.4, 0.5) is 0 Å². The van der Waals surface area contributed by atoms with Crippen molar-refractivity contribution in [2.75, 3.05) is 0 Å². The first-order valence-electron chi connectivity index (χ1n) is 5.13. The second-order valence-electron chi connectivity index (χ2n) is 4.67. The molecule has 7 heteroatoms. The Bertz CT molecular complexity index is 625. The highest BCUT2D eigenvalue weighted by Gasteiger charge is 2.21. The molecule has 0 aliphatic rings. The van der Waals surface area contributed by atoms with Gasteiger partial charge in [0.1, 0.15) is 5.69 Å². The fourth-order valence-electron chi connectivity index (χ4n) is 1.56. The van der Waals surface area contributed by atoms with E-state index in [9.17, 15) is 4.79 Å². The first kappa shape index (κ1) is 11.7. The van der Waals surface area contributed by atoms with E-state index in [0.717, 1.165) is 0 Å². The average Bonchev–Trinajstić information content (AvgIpc) is 2.61. The molecule has 0 aromatic carbocycles. The molecular weight excluding hydrogens is 238 g/mol. The van der Waals surface area contributed by atoms with Gasteiger partial charge in [0.25, 0.3) is 5.56 Å². The Hall–Kier alpha value is -1.76. The van der Waals surface area contributed by atoms with Gasteiger partial charge in [-0.15, -0.1) is 0 Å². The van der Waals surface area contributed by atoms with Crippen molar-refractivity contribution in [3.05, 3.63) is 27.3 Å². The summed E-state index contributed by atoms with van der Waals surface area (Å²) in [6, 6.07) is 3.03. The molecule has 6 nitrogen and oxygen atoms in total. The molecule has 2 aromatic rings. The van der Waals surface area contributed by atoms with Crippen LogP contribution in [0.3, 0.4) is 0 Å². The normalized spacial score (nSPS) is 11.7. The molecule has 0 unspecified atom stereocenters. The minimum atomic E-state index is -0.245. The van der Waals surface area contributed by atoms with Gasteiger partial charge >= 0.3 is 0 Å². The highest BCUT2D eigenvalue weighted by molar-refractivity contribution is 7.71. The highest BCUT2D eigenvalue weighted by Crippen LogP contribution is 2.22. The minimum absolute atomic E-state index is 0.211. The van der Waals surface area contributed by atoms with Gasteiger partial charge in [0.15, 0.2) is 10.6 Å². The number of nitrogens with zero attached hydrogens (tertiary/aromatic N) is 3. The van der Waals surface area contributed by atoms with Crippen LogP contribution in [0.25, 0.3) is 11.5 Å². The van der Waals surface area contributed by atoms with Crippen LogP contribution in [-0.4, -0.2) is 25.0 Å². The van der Waals surface area contributed by atoms with Gasteiger partial charge in [0.2, 0.25) is 0 Å². The third-order valence-corrected chi connectivity index (χ3v) is 2.53. The Balaban J connectivity index is 2.65. The van der Waals surface area contributed by atoms with E-state index < -0.39 is 0 Å². The van der Waals surface area contributed by atoms with E-state index in [2.05, 4.69) is 20.4 Å². The van der Waals surface area contributed by atoms with Crippen LogP contribution in [0.1, 0.15) is 20.8 Å². The summed E-state index contributed by atoms with van der Waals surface area (Å²) in [5, 5.41) is 13.2. The van der Waals surface area contributed by atoms with Crippen LogP contribution in [0.2, 0.25) is 0 Å². The smallest absolute Gasteiger partial charge is 0.264 e. The first-order valence-corrected chi connectivity index (χ1v) is 5.54. The summed E-state index contributed by atoms with van der Waals surface area (Å²) in [5.74, 6) is 0.610. The van der Waals surface area contributed by atoms with Crippen molar-refractivity contribution >= 4 is 12.2 Å². The summed E-state index contributed by atoms with van der Waals surface area (Å²) in [4.78, 5) is 11.0. The maximum atomic E-state index is 11.0. The van der Waals surface area contributed by atoms with E-state index in [4.69, 9.17) is 12.2 Å². The lowest BCUT2D eigenvalue weighted by Crippen LogP contribution is -2.23. The van der Waals surface area contributed by atoms with Crippen LogP contribution in [0.15, 0.2) is 16.9 Å². The Morgan fingerprint density at radius 3 is 2.47 bits per heavy atom. The van der Waals surface area contributed by atoms with Crippen molar-refractivity contribution in [3.63, 3.8) is 0 Å². The predicted octanol–water partition coefficient (Wildman–Crippen LogP) is 1.45. The van der Waals surface area contributed by atoms with Gasteiger partial charge in [-0.05, 0) is 39.1 Å². The van der Waals surface area contributed by atoms with E-state index >= 15 is 0 Å². The Kier molecular flexibility index (Phi) is 2.70. The minimum Gasteiger partial charge on any atom is -0.293 e. The summed E-state index contributed by atoms with van der Waals surface area (Å²) in [6.45, 7) is 6.06. The SMILES string of the molecule is CC(C)(C)n1c(-c2ccc(=O)[nH]n2)n[nH]c1=S. The Labute approximate surface area is 103 Å². The standard InChI is InChI=1S/C10H13N5OS/c1-10(2,3)15-8(13-14-9(15)17)6-4-5-7(16)12-11-6/h4-5H,1-3H3,(H,12,16)(H,14,17). The maximum Gasteiger partial charge on any atom is 0.264 e. The van der Waals surface area contributed by atoms with Crippen LogP contribution >= 0.6 is 12.2 Å². The lowest BCUT2D eigenvalue weighted by atomic mass is 10.1. The zero-order chi connectivity index (χ0) is 12.6. The van der Waals surface area contributed by atoms with Crippen molar-refractivity contribution in [2.24, 2.45) is 0 Å². The molecule has 2 heterocycles. The average molecular weight is 251 g/mol. The lowest BCUT2D eigenvalue weighted by Gasteiger charge is -2.21. The number of rotatable bonds is 1. The van der Waals surface area contributed by atoms with Gasteiger partial charge in [-0.1, -0.05) is 0 Å². The summed E-state index contributed by atoms with van der Waals surface area (Å²) in [6.07, 6.45) is 0. The molecule has 2 rings (SSSR count). The van der Waals surface area contributed by atoms with E-state index in [1.807, 2.05) is 25.3 Å². The lowest BCUT2D eigenvalue weighted by molar-refractivity contribution is 0.395. The molecule has 0 bridgehead atoms. The van der Waals surface area contributed by atoms with Gasteiger partial charge < -0.3 is 0 Å². The van der Waals surface area contributed by atoms with E-state index in [-0.39, 0.29) is 11.1 Å². The number of H-pyrrole nitrogens is 2. The van der Waals surface area contributed by atoms with Crippen LogP contribution in [-0.2, 0) is 5.54 Å². The molecule has 0 saturated heterocycles. The fourth-order valence-corrected chi connectivity index (χ4v) is 1.97. The fraction of sp³-hybridized carbons (Fsp3) is 0.400. The van der Waals surface area contributed by atoms with Crippen molar-refractivity contribution in [1.29, 1.82) is 0 Å². The third kappa shape index (κ3) is 2.19. The molecule has 0 amide bonds. The highest BCUT2D eigenvalue weighted by atomic mass is 32.1. The van der Waals surface area contributed by atoms with Crippen molar-refractivity contribution in [1.82, 2.24) is 25.0 Å². The van der Waals surface area contributed by atoms with E-state index in [0.29, 0.717) is 16.3 Å². The first-order chi connectivity index (χ1) is 7.89. The number of nitrogens with one attached hydrogen (secondary N) is 2. The molecular formula is C10H13N5OS. The van der Waals surface area contributed by atoms with Gasteiger partial charge in [-0.2, -0.15) is 10.2 Å². The second-order valence-corrected chi connectivity index (χ2v) is 5.05. The summed E-state index contributed by atoms with van der Waals surface area (Å²) in [7, 11) is 0. The molecule has 0 radical (unpaired) electrons. The van der Waals surface area contributed by atoms with E-state index in [1.54, 1.807) is 6.07 Å². The number of aromatic nitrogens is 5. The summed E-state index contributed by atoms with van der Waals surface area (Å²) < 4.78 is 2.39. The van der Waals surface area contributed by atoms with Gasteiger partial charge in [-0.25, -0.2) is 5.10 Å². The van der Waals surface area contributed by atoms with E-state index in [1.165, 1.54) is 6.07 Å². The molecule has 2 N–H and O–H groups in total. The molecule has 0 saturated carbocycles. The Morgan fingerprint density at radius 2 is 1.94 bits per heavy atom. The van der Waals surface area contributed by atoms with Gasteiger partial charge in [0, 0.05) is 11.6 Å². The molecule has 2 aromatic heterocycles. The van der Waals surface area contributed by atoms with Crippen molar-refractivity contribution in [3.8, 4) is 11.5 Å². The summed E-state index contributed by atoms with van der Waals surface area (Å²) >= 11 is 5.19. The number of aromatic amines is 2.